The summed E-state index contributed by atoms with van der Waals surface area (Å²) in [7, 11) is 1.74. The predicted octanol–water partition coefficient (Wildman–Crippen LogP) is 4.56. The minimum Gasteiger partial charge on any atom is -0.496 e. The fourth-order valence-electron chi connectivity index (χ4n) is 3.75. The fraction of sp³-hybridized carbons (Fsp3) is 0.318. The van der Waals surface area contributed by atoms with Crippen molar-refractivity contribution in [2.24, 2.45) is 0 Å². The van der Waals surface area contributed by atoms with E-state index in [2.05, 4.69) is 22.0 Å². The van der Waals surface area contributed by atoms with E-state index < -0.39 is 0 Å². The summed E-state index contributed by atoms with van der Waals surface area (Å²) in [6, 6.07) is 18.9. The van der Waals surface area contributed by atoms with Crippen molar-refractivity contribution in [3.05, 3.63) is 72.2 Å². The van der Waals surface area contributed by atoms with Gasteiger partial charge in [0.05, 0.1) is 19.9 Å². The van der Waals surface area contributed by atoms with Crippen LogP contribution in [-0.2, 0) is 13.0 Å². The Bertz CT molecular complexity index is 844. The summed E-state index contributed by atoms with van der Waals surface area (Å²) in [6.45, 7) is 1.84. The lowest BCUT2D eigenvalue weighted by Gasteiger charge is -2.23. The molecule has 4 rings (SSSR count). The summed E-state index contributed by atoms with van der Waals surface area (Å²) < 4.78 is 11.5. The molecule has 1 unspecified atom stereocenters. The Morgan fingerprint density at radius 1 is 1.12 bits per heavy atom. The molecule has 1 aliphatic heterocycles. The number of oxazole rings is 1. The Morgan fingerprint density at radius 3 is 2.77 bits per heavy atom. The van der Waals surface area contributed by atoms with E-state index in [0.717, 1.165) is 42.5 Å². The van der Waals surface area contributed by atoms with Gasteiger partial charge in [-0.3, -0.25) is 4.90 Å². The van der Waals surface area contributed by atoms with Gasteiger partial charge in [0.15, 0.2) is 5.76 Å². The third kappa shape index (κ3) is 3.65. The fourth-order valence-corrected chi connectivity index (χ4v) is 3.75. The number of methoxy groups -OCH3 is 1. The number of benzene rings is 2. The van der Waals surface area contributed by atoms with E-state index >= 15 is 0 Å². The number of aromatic nitrogens is 1. The molecule has 3 aromatic rings. The zero-order valence-electron chi connectivity index (χ0n) is 15.1. The molecule has 1 atom stereocenters. The van der Waals surface area contributed by atoms with Crippen LogP contribution in [0.5, 0.6) is 5.75 Å². The van der Waals surface area contributed by atoms with Gasteiger partial charge >= 0.3 is 0 Å². The summed E-state index contributed by atoms with van der Waals surface area (Å²) in [6.07, 6.45) is 5.24. The topological polar surface area (TPSA) is 38.5 Å². The second kappa shape index (κ2) is 7.75. The van der Waals surface area contributed by atoms with Gasteiger partial charge in [-0.1, -0.05) is 48.5 Å². The summed E-state index contributed by atoms with van der Waals surface area (Å²) in [5.74, 6) is 2.60. The molecule has 0 spiro atoms. The first-order chi connectivity index (χ1) is 12.8. The molecular formula is C22H24N2O2. The summed E-state index contributed by atoms with van der Waals surface area (Å²) in [5.41, 5.74) is 2.34. The van der Waals surface area contributed by atoms with Crippen LogP contribution in [0.2, 0.25) is 0 Å². The Hall–Kier alpha value is -2.59. The Balaban J connectivity index is 1.45. The minimum atomic E-state index is 0.498. The molecule has 2 aromatic carbocycles. The van der Waals surface area contributed by atoms with Gasteiger partial charge in [-0.05, 0) is 37.4 Å². The van der Waals surface area contributed by atoms with Crippen molar-refractivity contribution in [1.29, 1.82) is 0 Å². The standard InChI is InChI=1S/C22H24N2O2/c1-25-20-12-6-5-10-18(20)14-19-11-7-13-24(19)16-22-23-15-21(26-22)17-8-3-2-4-9-17/h2-6,8-10,12,15,19H,7,11,13-14,16H2,1H3. The normalized spacial score (nSPS) is 17.5. The second-order valence-electron chi connectivity index (χ2n) is 6.77. The molecule has 1 fully saturated rings. The largest absolute Gasteiger partial charge is 0.496 e. The molecule has 0 saturated carbocycles. The second-order valence-corrected chi connectivity index (χ2v) is 6.77. The molecular weight excluding hydrogens is 324 g/mol. The molecule has 2 heterocycles. The minimum absolute atomic E-state index is 0.498. The van der Waals surface area contributed by atoms with Gasteiger partial charge in [0, 0.05) is 11.6 Å². The summed E-state index contributed by atoms with van der Waals surface area (Å²) >= 11 is 0. The number of rotatable bonds is 6. The van der Waals surface area contributed by atoms with Crippen LogP contribution in [0, 0.1) is 0 Å². The summed E-state index contributed by atoms with van der Waals surface area (Å²) in [5, 5.41) is 0. The molecule has 1 saturated heterocycles. The van der Waals surface area contributed by atoms with E-state index in [1.165, 1.54) is 18.4 Å². The van der Waals surface area contributed by atoms with E-state index in [-0.39, 0.29) is 0 Å². The zero-order chi connectivity index (χ0) is 17.8. The quantitative estimate of drug-likeness (QED) is 0.655. The predicted molar refractivity (Wildman–Crippen MR) is 102 cm³/mol. The van der Waals surface area contributed by atoms with E-state index in [1.807, 2.05) is 48.7 Å². The van der Waals surface area contributed by atoms with Crippen LogP contribution in [0.15, 0.2) is 65.2 Å². The molecule has 26 heavy (non-hydrogen) atoms. The molecule has 1 aliphatic rings. The lowest BCUT2D eigenvalue weighted by Crippen LogP contribution is -2.30. The number of nitrogens with zero attached hydrogens (tertiary/aromatic N) is 2. The third-order valence-electron chi connectivity index (χ3n) is 5.10. The first-order valence-electron chi connectivity index (χ1n) is 9.19. The van der Waals surface area contributed by atoms with Gasteiger partial charge in [-0.15, -0.1) is 0 Å². The number of para-hydroxylation sites is 1. The number of likely N-dealkylation sites (tertiary alicyclic amines) is 1. The van der Waals surface area contributed by atoms with Crippen LogP contribution in [0.25, 0.3) is 11.3 Å². The van der Waals surface area contributed by atoms with E-state index in [9.17, 15) is 0 Å². The first kappa shape index (κ1) is 16.9. The van der Waals surface area contributed by atoms with Gasteiger partial charge < -0.3 is 9.15 Å². The Kier molecular flexibility index (Phi) is 5.02. The summed E-state index contributed by atoms with van der Waals surface area (Å²) in [4.78, 5) is 6.98. The van der Waals surface area contributed by atoms with Crippen LogP contribution in [0.3, 0.4) is 0 Å². The molecule has 4 nitrogen and oxygen atoms in total. The molecule has 0 amide bonds. The maximum atomic E-state index is 6.00. The van der Waals surface area contributed by atoms with Crippen molar-refractivity contribution in [2.45, 2.75) is 31.8 Å². The lowest BCUT2D eigenvalue weighted by atomic mass is 10.0. The maximum Gasteiger partial charge on any atom is 0.209 e. The molecule has 0 radical (unpaired) electrons. The maximum absolute atomic E-state index is 6.00. The highest BCUT2D eigenvalue weighted by atomic mass is 16.5. The van der Waals surface area contributed by atoms with Crippen molar-refractivity contribution >= 4 is 0 Å². The molecule has 0 bridgehead atoms. The van der Waals surface area contributed by atoms with Crippen molar-refractivity contribution in [1.82, 2.24) is 9.88 Å². The average molecular weight is 348 g/mol. The highest BCUT2D eigenvalue weighted by Crippen LogP contribution is 2.28. The highest BCUT2D eigenvalue weighted by Gasteiger charge is 2.27. The molecule has 0 N–H and O–H groups in total. The Morgan fingerprint density at radius 2 is 1.92 bits per heavy atom. The van der Waals surface area contributed by atoms with Crippen LogP contribution >= 0.6 is 0 Å². The SMILES string of the molecule is COc1ccccc1CC1CCCN1Cc1ncc(-c2ccccc2)o1. The van der Waals surface area contributed by atoms with Crippen LogP contribution in [0.4, 0.5) is 0 Å². The molecule has 1 aromatic heterocycles. The number of ether oxygens (including phenoxy) is 1. The number of hydrogen-bond acceptors (Lipinski definition) is 4. The zero-order valence-corrected chi connectivity index (χ0v) is 15.1. The Labute approximate surface area is 154 Å². The molecule has 0 aliphatic carbocycles. The monoisotopic (exact) mass is 348 g/mol. The van der Waals surface area contributed by atoms with Crippen molar-refractivity contribution in [3.63, 3.8) is 0 Å². The van der Waals surface area contributed by atoms with Crippen LogP contribution in [-0.4, -0.2) is 29.6 Å². The van der Waals surface area contributed by atoms with E-state index in [4.69, 9.17) is 9.15 Å². The molecule has 134 valence electrons. The van der Waals surface area contributed by atoms with Gasteiger partial charge in [0.25, 0.3) is 0 Å². The van der Waals surface area contributed by atoms with Gasteiger partial charge in [-0.25, -0.2) is 4.98 Å². The van der Waals surface area contributed by atoms with Crippen molar-refractivity contribution in [3.8, 4) is 17.1 Å². The number of hydrogen-bond donors (Lipinski definition) is 0. The third-order valence-corrected chi connectivity index (χ3v) is 5.10. The van der Waals surface area contributed by atoms with Crippen LogP contribution in [0.1, 0.15) is 24.3 Å². The average Bonchev–Trinajstić information content (AvgIpc) is 3.33. The van der Waals surface area contributed by atoms with Crippen LogP contribution < -0.4 is 4.74 Å². The van der Waals surface area contributed by atoms with Gasteiger partial charge in [0.1, 0.15) is 5.75 Å². The van der Waals surface area contributed by atoms with E-state index in [1.54, 1.807) is 7.11 Å². The smallest absolute Gasteiger partial charge is 0.209 e. The van der Waals surface area contributed by atoms with Gasteiger partial charge in [0.2, 0.25) is 5.89 Å². The molecule has 4 heteroatoms. The highest BCUT2D eigenvalue weighted by molar-refractivity contribution is 5.55. The van der Waals surface area contributed by atoms with Crippen molar-refractivity contribution < 1.29 is 9.15 Å². The lowest BCUT2D eigenvalue weighted by molar-refractivity contribution is 0.220. The van der Waals surface area contributed by atoms with Crippen molar-refractivity contribution in [2.75, 3.05) is 13.7 Å². The first-order valence-corrected chi connectivity index (χ1v) is 9.19. The van der Waals surface area contributed by atoms with E-state index in [0.29, 0.717) is 6.04 Å². The van der Waals surface area contributed by atoms with Gasteiger partial charge in [-0.2, -0.15) is 0 Å².